The number of halogens is 1. The summed E-state index contributed by atoms with van der Waals surface area (Å²) in [6.45, 7) is 3.39. The van der Waals surface area contributed by atoms with Gasteiger partial charge in [-0.05, 0) is 12.2 Å². The molecule has 0 aromatic carbocycles. The maximum absolute atomic E-state index is 5.59. The summed E-state index contributed by atoms with van der Waals surface area (Å²) >= 11 is 2.07. The van der Waals surface area contributed by atoms with Gasteiger partial charge in [-0.2, -0.15) is 11.8 Å². The van der Waals surface area contributed by atoms with Crippen molar-refractivity contribution in [3.05, 3.63) is 0 Å². The Morgan fingerprint density at radius 2 is 1.30 bits per heavy atom. The van der Waals surface area contributed by atoms with E-state index in [2.05, 4.69) is 39.8 Å². The van der Waals surface area contributed by atoms with Crippen molar-refractivity contribution in [1.29, 1.82) is 0 Å². The fraction of sp³-hybridized carbons (Fsp3) is 1.00. The lowest BCUT2D eigenvalue weighted by Crippen LogP contribution is -3.00. The van der Waals surface area contributed by atoms with Gasteiger partial charge in [-0.1, -0.05) is 64.7 Å². The Labute approximate surface area is 161 Å². The van der Waals surface area contributed by atoms with Crippen LogP contribution in [0.1, 0.15) is 71.1 Å². The second-order valence-electron chi connectivity index (χ2n) is 7.59. The maximum atomic E-state index is 5.59. The van der Waals surface area contributed by atoms with E-state index in [4.69, 9.17) is 4.74 Å². The number of hydrogen-bond donors (Lipinski definition) is 0. The molecule has 1 unspecified atom stereocenters. The molecule has 0 aliphatic heterocycles. The number of hydrogen-bond acceptors (Lipinski definition) is 2. The molecule has 2 nitrogen and oxygen atoms in total. The van der Waals surface area contributed by atoms with Crippen LogP contribution in [0, 0.1) is 0 Å². The van der Waals surface area contributed by atoms with Gasteiger partial charge in [-0.3, -0.25) is 0 Å². The van der Waals surface area contributed by atoms with Crippen LogP contribution >= 0.6 is 11.8 Å². The van der Waals surface area contributed by atoms with E-state index >= 15 is 0 Å². The smallest absolute Gasteiger partial charge is 0.115 e. The molecule has 0 aromatic rings. The number of methoxy groups -OCH3 is 1. The highest BCUT2D eigenvalue weighted by molar-refractivity contribution is 7.99. The maximum Gasteiger partial charge on any atom is 0.115 e. The quantitative estimate of drug-likeness (QED) is 0.284. The van der Waals surface area contributed by atoms with E-state index in [9.17, 15) is 0 Å². The summed E-state index contributed by atoms with van der Waals surface area (Å²) in [6.07, 6.45) is 14.6. The number of likely N-dealkylation sites (N-methyl/N-ethyl adjacent to an activating group) is 1. The molecule has 0 spiro atoms. The molecule has 0 fully saturated rings. The molecule has 0 heterocycles. The van der Waals surface area contributed by atoms with Gasteiger partial charge in [0.1, 0.15) is 12.6 Å². The number of nitrogens with zero attached hydrogens (tertiary/aromatic N) is 1. The van der Waals surface area contributed by atoms with Crippen LogP contribution in [-0.2, 0) is 4.74 Å². The lowest BCUT2D eigenvalue weighted by molar-refractivity contribution is -0.873. The summed E-state index contributed by atoms with van der Waals surface area (Å²) < 4.78 is 6.57. The van der Waals surface area contributed by atoms with Gasteiger partial charge < -0.3 is 26.2 Å². The van der Waals surface area contributed by atoms with Gasteiger partial charge in [0.2, 0.25) is 0 Å². The number of rotatable bonds is 16. The summed E-state index contributed by atoms with van der Waals surface area (Å²) in [6, 6.07) is 0. The van der Waals surface area contributed by atoms with Crippen LogP contribution in [0.4, 0.5) is 0 Å². The Morgan fingerprint density at radius 1 is 0.826 bits per heavy atom. The molecule has 0 bridgehead atoms. The van der Waals surface area contributed by atoms with E-state index in [0.29, 0.717) is 6.10 Å². The van der Waals surface area contributed by atoms with E-state index in [1.165, 1.54) is 70.0 Å². The standard InChI is InChI=1S/C19H42NOS.BrH/c1-6-7-8-9-10-11-12-13-14-15-16-22-18-19(21-5)17-20(2,3)4;/h19H,6-18H2,1-5H3;1H/q+1;/p-1. The lowest BCUT2D eigenvalue weighted by atomic mass is 10.1. The molecule has 0 saturated heterocycles. The predicted molar refractivity (Wildman–Crippen MR) is 103 cm³/mol. The highest BCUT2D eigenvalue weighted by Gasteiger charge is 2.17. The number of unbranched alkanes of at least 4 members (excludes halogenated alkanes) is 9. The van der Waals surface area contributed by atoms with Gasteiger partial charge in [0.15, 0.2) is 0 Å². The average Bonchev–Trinajstić information content (AvgIpc) is 2.46. The van der Waals surface area contributed by atoms with E-state index in [0.717, 1.165) is 16.8 Å². The third kappa shape index (κ3) is 20.7. The highest BCUT2D eigenvalue weighted by Crippen LogP contribution is 2.14. The summed E-state index contributed by atoms with van der Waals surface area (Å²) in [7, 11) is 8.55. The third-order valence-electron chi connectivity index (χ3n) is 4.03. The highest BCUT2D eigenvalue weighted by atomic mass is 79.9. The van der Waals surface area contributed by atoms with Gasteiger partial charge in [0.25, 0.3) is 0 Å². The van der Waals surface area contributed by atoms with Crippen LogP contribution in [-0.4, -0.2) is 56.9 Å². The topological polar surface area (TPSA) is 9.23 Å². The van der Waals surface area contributed by atoms with Crippen LogP contribution in [0.15, 0.2) is 0 Å². The minimum atomic E-state index is 0. The SMILES string of the molecule is CCCCCCCCCCCCSCC(C[N+](C)(C)C)OC.[Br-]. The van der Waals surface area contributed by atoms with Gasteiger partial charge >= 0.3 is 0 Å². The third-order valence-corrected chi connectivity index (χ3v) is 5.22. The molecule has 0 saturated carbocycles. The average molecular weight is 413 g/mol. The zero-order chi connectivity index (χ0) is 16.7. The van der Waals surface area contributed by atoms with Crippen LogP contribution in [0.25, 0.3) is 0 Å². The van der Waals surface area contributed by atoms with Gasteiger partial charge in [-0.25, -0.2) is 0 Å². The fourth-order valence-electron chi connectivity index (χ4n) is 2.71. The first-order valence-corrected chi connectivity index (χ1v) is 10.6. The van der Waals surface area contributed by atoms with E-state index in [1.807, 2.05) is 7.11 Å². The molecule has 0 amide bonds. The first kappa shape index (κ1) is 26.0. The summed E-state index contributed by atoms with van der Waals surface area (Å²) in [5.74, 6) is 2.44. The van der Waals surface area contributed by atoms with Crippen LogP contribution in [0.3, 0.4) is 0 Å². The van der Waals surface area contributed by atoms with Crippen molar-refractivity contribution in [3.8, 4) is 0 Å². The summed E-state index contributed by atoms with van der Waals surface area (Å²) in [5.41, 5.74) is 0. The van der Waals surface area contributed by atoms with Gasteiger partial charge in [-0.15, -0.1) is 0 Å². The molecule has 0 aromatic heterocycles. The van der Waals surface area contributed by atoms with Crippen molar-refractivity contribution in [2.24, 2.45) is 0 Å². The first-order valence-electron chi connectivity index (χ1n) is 9.40. The lowest BCUT2D eigenvalue weighted by Gasteiger charge is -2.28. The Morgan fingerprint density at radius 3 is 1.74 bits per heavy atom. The summed E-state index contributed by atoms with van der Waals surface area (Å²) in [4.78, 5) is 0. The molecule has 1 atom stereocenters. The van der Waals surface area contributed by atoms with Gasteiger partial charge in [0.05, 0.1) is 21.1 Å². The van der Waals surface area contributed by atoms with Crippen LogP contribution in [0.2, 0.25) is 0 Å². The largest absolute Gasteiger partial charge is 1.00 e. The minimum Gasteiger partial charge on any atom is -1.00 e. The van der Waals surface area contributed by atoms with Crippen LogP contribution < -0.4 is 17.0 Å². The molecular weight excluding hydrogens is 370 g/mol. The van der Waals surface area contributed by atoms with E-state index in [1.54, 1.807) is 0 Å². The fourth-order valence-corrected chi connectivity index (χ4v) is 3.79. The zero-order valence-corrected chi connectivity index (χ0v) is 18.8. The van der Waals surface area contributed by atoms with Crippen molar-refractivity contribution in [2.45, 2.75) is 77.2 Å². The molecule has 0 aliphatic carbocycles. The van der Waals surface area contributed by atoms with Crippen molar-refractivity contribution in [2.75, 3.05) is 46.3 Å². The van der Waals surface area contributed by atoms with E-state index in [-0.39, 0.29) is 17.0 Å². The Kier molecular flexibility index (Phi) is 19.8. The molecule has 142 valence electrons. The molecule has 0 radical (unpaired) electrons. The molecule has 23 heavy (non-hydrogen) atoms. The number of quaternary nitrogens is 1. The van der Waals surface area contributed by atoms with Crippen LogP contribution in [0.5, 0.6) is 0 Å². The van der Waals surface area contributed by atoms with Crippen molar-refractivity contribution < 1.29 is 26.2 Å². The van der Waals surface area contributed by atoms with Crippen molar-refractivity contribution in [1.82, 2.24) is 0 Å². The molecule has 0 aliphatic rings. The second-order valence-corrected chi connectivity index (χ2v) is 8.74. The van der Waals surface area contributed by atoms with Crippen molar-refractivity contribution in [3.63, 3.8) is 0 Å². The summed E-state index contributed by atoms with van der Waals surface area (Å²) in [5, 5.41) is 0. The Hall–Kier alpha value is 0.750. The molecule has 0 N–H and O–H groups in total. The minimum absolute atomic E-state index is 0. The monoisotopic (exact) mass is 411 g/mol. The Balaban J connectivity index is 0. The van der Waals surface area contributed by atoms with E-state index < -0.39 is 0 Å². The molecular formula is C19H42BrNOS. The normalized spacial score (nSPS) is 12.9. The Bertz CT molecular complexity index is 234. The zero-order valence-electron chi connectivity index (χ0n) is 16.4. The van der Waals surface area contributed by atoms with Crippen molar-refractivity contribution >= 4 is 11.8 Å². The second kappa shape index (κ2) is 17.6. The predicted octanol–water partition coefficient (Wildman–Crippen LogP) is 2.37. The number of ether oxygens (including phenoxy) is 1. The first-order chi connectivity index (χ1) is 10.5. The molecule has 0 rings (SSSR count). The number of thioether (sulfide) groups is 1. The molecule has 4 heteroatoms. The van der Waals surface area contributed by atoms with Gasteiger partial charge in [0, 0.05) is 12.9 Å².